The van der Waals surface area contributed by atoms with E-state index in [0.29, 0.717) is 10.6 Å². The normalized spacial score (nSPS) is 25.6. The molecule has 4 rings (SSSR count). The van der Waals surface area contributed by atoms with Gasteiger partial charge in [-0.3, -0.25) is 4.90 Å². The van der Waals surface area contributed by atoms with Crippen LogP contribution in [0.2, 0.25) is 10.0 Å². The molecule has 144 valence electrons. The fraction of sp³-hybridized carbons (Fsp3) is 0.429. The molecule has 1 saturated heterocycles. The van der Waals surface area contributed by atoms with Gasteiger partial charge in [-0.05, 0) is 72.8 Å². The van der Waals surface area contributed by atoms with Gasteiger partial charge in [0.15, 0.2) is 0 Å². The molecule has 3 unspecified atom stereocenters. The minimum atomic E-state index is -0.310. The maximum atomic E-state index is 13.6. The Labute approximate surface area is 169 Å². The van der Waals surface area contributed by atoms with Gasteiger partial charge < -0.3 is 10.5 Å². The third-order valence-electron chi connectivity index (χ3n) is 5.57. The molecular formula is C21H23Cl2FN2O. The SMILES string of the molecule is NC1CCCN(C2Cc3cc(Cl)ccc3C2OCc2cc(F)ccc2Cl)C1. The van der Waals surface area contributed by atoms with E-state index in [1.54, 1.807) is 6.07 Å². The fourth-order valence-electron chi connectivity index (χ4n) is 4.26. The first kappa shape index (κ1) is 19.2. The van der Waals surface area contributed by atoms with Crippen LogP contribution in [0.5, 0.6) is 0 Å². The summed E-state index contributed by atoms with van der Waals surface area (Å²) in [7, 11) is 0. The Morgan fingerprint density at radius 1 is 1.19 bits per heavy atom. The van der Waals surface area contributed by atoms with Crippen LogP contribution in [0.1, 0.15) is 35.6 Å². The summed E-state index contributed by atoms with van der Waals surface area (Å²) >= 11 is 12.4. The van der Waals surface area contributed by atoms with Crippen LogP contribution < -0.4 is 5.73 Å². The molecule has 0 aromatic heterocycles. The van der Waals surface area contributed by atoms with Gasteiger partial charge in [0.25, 0.3) is 0 Å². The van der Waals surface area contributed by atoms with Crippen LogP contribution in [-0.2, 0) is 17.8 Å². The number of ether oxygens (including phenoxy) is 1. The quantitative estimate of drug-likeness (QED) is 0.793. The van der Waals surface area contributed by atoms with Gasteiger partial charge in [0.2, 0.25) is 0 Å². The van der Waals surface area contributed by atoms with Gasteiger partial charge >= 0.3 is 0 Å². The molecule has 1 aliphatic heterocycles. The number of nitrogens with zero attached hydrogens (tertiary/aromatic N) is 1. The zero-order valence-corrected chi connectivity index (χ0v) is 16.5. The van der Waals surface area contributed by atoms with E-state index in [0.717, 1.165) is 42.9 Å². The second kappa shape index (κ2) is 8.06. The number of fused-ring (bicyclic) bond motifs is 1. The van der Waals surface area contributed by atoms with Crippen molar-refractivity contribution >= 4 is 23.2 Å². The molecule has 3 atom stereocenters. The Hall–Kier alpha value is -1.17. The zero-order chi connectivity index (χ0) is 19.0. The Kier molecular flexibility index (Phi) is 5.72. The van der Waals surface area contributed by atoms with E-state index in [9.17, 15) is 4.39 Å². The minimum Gasteiger partial charge on any atom is -0.367 e. The van der Waals surface area contributed by atoms with E-state index in [2.05, 4.69) is 4.90 Å². The lowest BCUT2D eigenvalue weighted by molar-refractivity contribution is -0.0237. The molecule has 3 nitrogen and oxygen atoms in total. The summed E-state index contributed by atoms with van der Waals surface area (Å²) in [6.45, 7) is 2.15. The van der Waals surface area contributed by atoms with Crippen LogP contribution in [0.3, 0.4) is 0 Å². The van der Waals surface area contributed by atoms with E-state index >= 15 is 0 Å². The van der Waals surface area contributed by atoms with Gasteiger partial charge in [0, 0.05) is 28.7 Å². The molecule has 1 fully saturated rings. The van der Waals surface area contributed by atoms with Crippen molar-refractivity contribution < 1.29 is 9.13 Å². The number of halogens is 3. The topological polar surface area (TPSA) is 38.5 Å². The van der Waals surface area contributed by atoms with Crippen molar-refractivity contribution in [2.45, 2.75) is 44.1 Å². The molecule has 0 bridgehead atoms. The second-order valence-corrected chi connectivity index (χ2v) is 8.32. The third-order valence-corrected chi connectivity index (χ3v) is 6.18. The second-order valence-electron chi connectivity index (χ2n) is 7.48. The summed E-state index contributed by atoms with van der Waals surface area (Å²) in [5.41, 5.74) is 9.23. The Bertz CT molecular complexity index is 832. The van der Waals surface area contributed by atoms with Crippen LogP contribution in [0.25, 0.3) is 0 Å². The average Bonchev–Trinajstić information content (AvgIpc) is 3.00. The lowest BCUT2D eigenvalue weighted by Crippen LogP contribution is -2.49. The standard InChI is InChI=1S/C21H23Cl2FN2O/c22-15-3-5-18-13(8-15)10-20(26-7-1-2-17(25)11-26)21(18)27-12-14-9-16(24)4-6-19(14)23/h3-6,8-9,17,20-21H,1-2,7,10-12,25H2. The van der Waals surface area contributed by atoms with Crippen LogP contribution >= 0.6 is 23.2 Å². The summed E-state index contributed by atoms with van der Waals surface area (Å²) in [6.07, 6.45) is 2.93. The number of hydrogen-bond donors (Lipinski definition) is 1. The van der Waals surface area contributed by atoms with E-state index in [1.807, 2.05) is 18.2 Å². The summed E-state index contributed by atoms with van der Waals surface area (Å²) in [5.74, 6) is -0.310. The summed E-state index contributed by atoms with van der Waals surface area (Å²) < 4.78 is 19.9. The maximum absolute atomic E-state index is 13.6. The molecule has 1 aliphatic carbocycles. The molecule has 0 amide bonds. The molecule has 1 heterocycles. The lowest BCUT2D eigenvalue weighted by atomic mass is 10.0. The Morgan fingerprint density at radius 2 is 2.04 bits per heavy atom. The number of nitrogens with two attached hydrogens (primary N) is 1. The predicted octanol–water partition coefficient (Wildman–Crippen LogP) is 4.74. The highest BCUT2D eigenvalue weighted by atomic mass is 35.5. The predicted molar refractivity (Wildman–Crippen MR) is 107 cm³/mol. The number of benzene rings is 2. The molecule has 2 N–H and O–H groups in total. The third kappa shape index (κ3) is 4.15. The van der Waals surface area contributed by atoms with E-state index < -0.39 is 0 Å². The van der Waals surface area contributed by atoms with Crippen LogP contribution in [0.4, 0.5) is 4.39 Å². The van der Waals surface area contributed by atoms with Gasteiger partial charge in [0.05, 0.1) is 12.7 Å². The first-order chi connectivity index (χ1) is 13.0. The number of hydrogen-bond acceptors (Lipinski definition) is 3. The minimum absolute atomic E-state index is 0.109. The van der Waals surface area contributed by atoms with Gasteiger partial charge in [-0.1, -0.05) is 29.3 Å². The molecule has 0 spiro atoms. The van der Waals surface area contributed by atoms with Crippen molar-refractivity contribution in [1.82, 2.24) is 4.90 Å². The van der Waals surface area contributed by atoms with Crippen molar-refractivity contribution in [2.24, 2.45) is 5.73 Å². The molecule has 0 radical (unpaired) electrons. The largest absolute Gasteiger partial charge is 0.367 e. The van der Waals surface area contributed by atoms with Gasteiger partial charge in [0.1, 0.15) is 5.82 Å². The van der Waals surface area contributed by atoms with E-state index in [1.165, 1.54) is 17.7 Å². The van der Waals surface area contributed by atoms with Crippen LogP contribution in [0, 0.1) is 5.82 Å². The first-order valence-corrected chi connectivity index (χ1v) is 10.1. The smallest absolute Gasteiger partial charge is 0.123 e. The number of piperidine rings is 1. The Balaban J connectivity index is 1.58. The molecule has 2 aromatic rings. The molecule has 6 heteroatoms. The molecule has 2 aliphatic rings. The highest BCUT2D eigenvalue weighted by Crippen LogP contribution is 2.40. The van der Waals surface area contributed by atoms with E-state index in [-0.39, 0.29) is 30.6 Å². The van der Waals surface area contributed by atoms with Crippen LogP contribution in [0.15, 0.2) is 36.4 Å². The van der Waals surface area contributed by atoms with Crippen molar-refractivity contribution in [1.29, 1.82) is 0 Å². The van der Waals surface area contributed by atoms with Gasteiger partial charge in [-0.2, -0.15) is 0 Å². The average molecular weight is 409 g/mol. The zero-order valence-electron chi connectivity index (χ0n) is 15.0. The fourth-order valence-corrected chi connectivity index (χ4v) is 4.63. The number of likely N-dealkylation sites (tertiary alicyclic amines) is 1. The van der Waals surface area contributed by atoms with Gasteiger partial charge in [-0.15, -0.1) is 0 Å². The number of rotatable bonds is 4. The first-order valence-electron chi connectivity index (χ1n) is 9.35. The van der Waals surface area contributed by atoms with Crippen molar-refractivity contribution in [3.63, 3.8) is 0 Å². The summed E-state index contributed by atoms with van der Waals surface area (Å²) in [4.78, 5) is 2.43. The Morgan fingerprint density at radius 3 is 2.85 bits per heavy atom. The highest BCUT2D eigenvalue weighted by molar-refractivity contribution is 6.31. The van der Waals surface area contributed by atoms with Gasteiger partial charge in [-0.25, -0.2) is 4.39 Å². The van der Waals surface area contributed by atoms with Crippen molar-refractivity contribution in [3.05, 3.63) is 69.0 Å². The molecular weight excluding hydrogens is 386 g/mol. The van der Waals surface area contributed by atoms with Crippen molar-refractivity contribution in [3.8, 4) is 0 Å². The lowest BCUT2D eigenvalue weighted by Gasteiger charge is -2.38. The van der Waals surface area contributed by atoms with Crippen molar-refractivity contribution in [2.75, 3.05) is 13.1 Å². The summed E-state index contributed by atoms with van der Waals surface area (Å²) in [6, 6.07) is 10.7. The monoisotopic (exact) mass is 408 g/mol. The molecule has 0 saturated carbocycles. The van der Waals surface area contributed by atoms with E-state index in [4.69, 9.17) is 33.7 Å². The highest BCUT2D eigenvalue weighted by Gasteiger charge is 2.38. The molecule has 2 aromatic carbocycles. The maximum Gasteiger partial charge on any atom is 0.123 e. The van der Waals surface area contributed by atoms with Crippen LogP contribution in [-0.4, -0.2) is 30.1 Å². The molecule has 27 heavy (non-hydrogen) atoms. The summed E-state index contributed by atoms with van der Waals surface area (Å²) in [5, 5.41) is 1.25.